The molecule has 0 fully saturated rings. The Morgan fingerprint density at radius 3 is 2.30 bits per heavy atom. The van der Waals surface area contributed by atoms with Crippen LogP contribution in [-0.2, 0) is 9.59 Å². The van der Waals surface area contributed by atoms with Crippen molar-refractivity contribution in [1.82, 2.24) is 5.32 Å². The van der Waals surface area contributed by atoms with Gasteiger partial charge in [-0.05, 0) is 0 Å². The Balaban J connectivity index is 3.50. The van der Waals surface area contributed by atoms with Crippen molar-refractivity contribution < 1.29 is 14.7 Å². The molecule has 0 aromatic rings. The summed E-state index contributed by atoms with van der Waals surface area (Å²) in [6.07, 6.45) is 0. The van der Waals surface area contributed by atoms with E-state index in [9.17, 15) is 9.59 Å². The van der Waals surface area contributed by atoms with E-state index in [2.05, 4.69) is 37.2 Å². The van der Waals surface area contributed by atoms with Crippen molar-refractivity contribution in [3.05, 3.63) is 0 Å². The zero-order chi connectivity index (χ0) is 8.15. The first-order valence-electron chi connectivity index (χ1n) is 2.31. The maximum Gasteiger partial charge on any atom is 0.322 e. The minimum absolute atomic E-state index is 0.355. The average Bonchev–Trinajstić information content (AvgIpc) is 1.82. The number of aliphatic carboxylic acids is 1. The highest BCUT2D eigenvalue weighted by molar-refractivity contribution is 9.25. The molecule has 0 spiro atoms. The summed E-state index contributed by atoms with van der Waals surface area (Å²) in [7, 11) is 0. The predicted molar refractivity (Wildman–Crippen MR) is 42.3 cm³/mol. The summed E-state index contributed by atoms with van der Waals surface area (Å²) in [5.74, 6) is -1.46. The van der Waals surface area contributed by atoms with Crippen LogP contribution in [0.5, 0.6) is 0 Å². The molecule has 0 saturated heterocycles. The smallest absolute Gasteiger partial charge is 0.322 e. The van der Waals surface area contributed by atoms with Crippen LogP contribution in [0.15, 0.2) is 0 Å². The molecule has 58 valence electrons. The Morgan fingerprint density at radius 1 is 1.50 bits per heavy atom. The van der Waals surface area contributed by atoms with Crippen molar-refractivity contribution in [1.29, 1.82) is 0 Å². The molecule has 6 heteroatoms. The van der Waals surface area contributed by atoms with E-state index in [-0.39, 0.29) is 6.54 Å². The fraction of sp³-hybridized carbons (Fsp3) is 0.500. The molecule has 0 aromatic carbocycles. The lowest BCUT2D eigenvalue weighted by molar-refractivity contribution is -0.137. The van der Waals surface area contributed by atoms with Crippen molar-refractivity contribution in [2.24, 2.45) is 0 Å². The molecule has 0 radical (unpaired) electrons. The van der Waals surface area contributed by atoms with Gasteiger partial charge in [0.2, 0.25) is 5.91 Å². The number of nitrogens with one attached hydrogen (secondary N) is 1. The largest absolute Gasteiger partial charge is 0.480 e. The molecule has 0 aliphatic rings. The van der Waals surface area contributed by atoms with Gasteiger partial charge in [-0.2, -0.15) is 0 Å². The number of carbonyl (C=O) groups is 2. The maximum atomic E-state index is 10.6. The lowest BCUT2D eigenvalue weighted by Gasteiger charge is -2.00. The Bertz CT molecular complexity index is 147. The summed E-state index contributed by atoms with van der Waals surface area (Å²) < 4.78 is -0.528. The molecule has 0 heterocycles. The first-order valence-corrected chi connectivity index (χ1v) is 4.15. The van der Waals surface area contributed by atoms with Crippen LogP contribution in [-0.4, -0.2) is 27.3 Å². The number of rotatable bonds is 3. The highest BCUT2D eigenvalue weighted by atomic mass is 79.9. The molecule has 10 heavy (non-hydrogen) atoms. The number of amides is 1. The van der Waals surface area contributed by atoms with E-state index in [1.54, 1.807) is 0 Å². The third-order valence-corrected chi connectivity index (χ3v) is 1.44. The second-order valence-corrected chi connectivity index (χ2v) is 4.47. The van der Waals surface area contributed by atoms with Crippen molar-refractivity contribution in [2.75, 3.05) is 6.54 Å². The van der Waals surface area contributed by atoms with Crippen LogP contribution in [0.2, 0.25) is 0 Å². The normalized spacial score (nSPS) is 9.50. The molecule has 0 bridgehead atoms. The second-order valence-electron chi connectivity index (χ2n) is 1.41. The van der Waals surface area contributed by atoms with E-state index in [1.165, 1.54) is 0 Å². The molecule has 2 N–H and O–H groups in total. The fourth-order valence-corrected chi connectivity index (χ4v) is 0.564. The van der Waals surface area contributed by atoms with Gasteiger partial charge in [0.15, 0.2) is 0 Å². The third-order valence-electron chi connectivity index (χ3n) is 0.612. The monoisotopic (exact) mass is 273 g/mol. The molecule has 0 saturated carbocycles. The first kappa shape index (κ1) is 9.90. The Morgan fingerprint density at radius 2 is 2.00 bits per heavy atom. The Kier molecular flexibility index (Phi) is 4.63. The highest BCUT2D eigenvalue weighted by Gasteiger charge is 2.10. The van der Waals surface area contributed by atoms with Gasteiger partial charge in [0.25, 0.3) is 0 Å². The molecular weight excluding hydrogens is 270 g/mol. The number of carboxylic acids is 1. The molecule has 4 nitrogen and oxygen atoms in total. The highest BCUT2D eigenvalue weighted by Crippen LogP contribution is 2.06. The summed E-state index contributed by atoms with van der Waals surface area (Å²) in [6, 6.07) is 0. The summed E-state index contributed by atoms with van der Waals surface area (Å²) in [6.45, 7) is -0.355. The van der Waals surface area contributed by atoms with Crippen molar-refractivity contribution in [2.45, 2.75) is 3.74 Å². The van der Waals surface area contributed by atoms with Crippen LogP contribution in [0, 0.1) is 0 Å². The number of alkyl halides is 2. The first-order chi connectivity index (χ1) is 4.54. The number of halogens is 2. The van der Waals surface area contributed by atoms with Gasteiger partial charge in [-0.1, -0.05) is 31.9 Å². The van der Waals surface area contributed by atoms with E-state index < -0.39 is 15.6 Å². The lowest BCUT2D eigenvalue weighted by Crippen LogP contribution is -2.32. The average molecular weight is 275 g/mol. The quantitative estimate of drug-likeness (QED) is 0.728. The SMILES string of the molecule is O=C(O)CNC(=O)C(Br)Br. The van der Waals surface area contributed by atoms with Crippen LogP contribution >= 0.6 is 31.9 Å². The van der Waals surface area contributed by atoms with Gasteiger partial charge in [0, 0.05) is 0 Å². The van der Waals surface area contributed by atoms with Gasteiger partial charge in [0.1, 0.15) is 10.3 Å². The predicted octanol–water partition coefficient (Wildman–Crippen LogP) is 0.303. The number of carbonyl (C=O) groups excluding carboxylic acids is 1. The molecule has 0 unspecified atom stereocenters. The molecule has 0 atom stereocenters. The van der Waals surface area contributed by atoms with Gasteiger partial charge in [-0.15, -0.1) is 0 Å². The van der Waals surface area contributed by atoms with Crippen LogP contribution in [0.3, 0.4) is 0 Å². The lowest BCUT2D eigenvalue weighted by atomic mass is 10.6. The Hall–Kier alpha value is -0.100. The molecule has 0 aliphatic heterocycles. The van der Waals surface area contributed by atoms with Crippen LogP contribution in [0.25, 0.3) is 0 Å². The van der Waals surface area contributed by atoms with Gasteiger partial charge >= 0.3 is 5.97 Å². The van der Waals surface area contributed by atoms with E-state index in [0.29, 0.717) is 0 Å². The fourth-order valence-electron chi connectivity index (χ4n) is 0.240. The van der Waals surface area contributed by atoms with Crippen molar-refractivity contribution >= 4 is 43.7 Å². The third kappa shape index (κ3) is 4.75. The van der Waals surface area contributed by atoms with Crippen LogP contribution in [0.4, 0.5) is 0 Å². The van der Waals surface area contributed by atoms with Gasteiger partial charge in [-0.3, -0.25) is 9.59 Å². The molecule has 0 rings (SSSR count). The minimum atomic E-state index is -1.06. The second kappa shape index (κ2) is 4.68. The van der Waals surface area contributed by atoms with Gasteiger partial charge < -0.3 is 10.4 Å². The summed E-state index contributed by atoms with van der Waals surface area (Å²) in [4.78, 5) is 20.5. The topological polar surface area (TPSA) is 66.4 Å². The number of hydrogen-bond acceptors (Lipinski definition) is 2. The molecular formula is C4H5Br2NO3. The van der Waals surface area contributed by atoms with Gasteiger partial charge in [-0.25, -0.2) is 0 Å². The molecule has 0 aliphatic carbocycles. The van der Waals surface area contributed by atoms with Crippen LogP contribution < -0.4 is 5.32 Å². The van der Waals surface area contributed by atoms with Crippen LogP contribution in [0.1, 0.15) is 0 Å². The minimum Gasteiger partial charge on any atom is -0.480 e. The van der Waals surface area contributed by atoms with E-state index in [0.717, 1.165) is 0 Å². The summed E-state index contributed by atoms with van der Waals surface area (Å²) >= 11 is 5.80. The zero-order valence-corrected chi connectivity index (χ0v) is 7.98. The standard InChI is InChI=1S/C4H5Br2NO3/c5-3(6)4(10)7-1-2(8)9/h3H,1H2,(H,7,10)(H,8,9). The summed E-state index contributed by atoms with van der Waals surface area (Å²) in [5.41, 5.74) is 0. The number of hydrogen-bond donors (Lipinski definition) is 2. The molecule has 1 amide bonds. The molecule has 0 aromatic heterocycles. The number of carboxylic acid groups (broad SMARTS) is 1. The van der Waals surface area contributed by atoms with Crippen molar-refractivity contribution in [3.8, 4) is 0 Å². The Labute approximate surface area is 74.2 Å². The zero-order valence-electron chi connectivity index (χ0n) is 4.80. The van der Waals surface area contributed by atoms with E-state index in [4.69, 9.17) is 5.11 Å². The van der Waals surface area contributed by atoms with Crippen molar-refractivity contribution in [3.63, 3.8) is 0 Å². The summed E-state index contributed by atoms with van der Waals surface area (Å²) in [5, 5.41) is 10.2. The van der Waals surface area contributed by atoms with Gasteiger partial charge in [0.05, 0.1) is 0 Å². The van der Waals surface area contributed by atoms with E-state index >= 15 is 0 Å². The van der Waals surface area contributed by atoms with E-state index in [1.807, 2.05) is 0 Å². The maximum absolute atomic E-state index is 10.6.